The fourth-order valence-electron chi connectivity index (χ4n) is 1.85. The first-order valence-corrected chi connectivity index (χ1v) is 6.98. The van der Waals surface area contributed by atoms with Crippen LogP contribution in [0.25, 0.3) is 0 Å². The largest absolute Gasteiger partial charge is 0.341 e. The van der Waals surface area contributed by atoms with Crippen LogP contribution in [0.2, 0.25) is 0 Å². The zero-order valence-electron chi connectivity index (χ0n) is 10.1. The van der Waals surface area contributed by atoms with Crippen LogP contribution in [0.1, 0.15) is 31.7 Å². The second-order valence-electron chi connectivity index (χ2n) is 3.91. The number of carbonyl (C=O) groups is 1. The van der Waals surface area contributed by atoms with Crippen molar-refractivity contribution >= 4 is 15.6 Å². The van der Waals surface area contributed by atoms with Crippen LogP contribution < -0.4 is 0 Å². The third-order valence-electron chi connectivity index (χ3n) is 2.73. The predicted octanol–water partition coefficient (Wildman–Crippen LogP) is 2.77. The van der Waals surface area contributed by atoms with E-state index in [1.54, 1.807) is 6.92 Å². The number of alkyl halides is 2. The van der Waals surface area contributed by atoms with E-state index in [-0.39, 0.29) is 11.3 Å². The van der Waals surface area contributed by atoms with Crippen LogP contribution in [-0.4, -0.2) is 20.0 Å². The van der Waals surface area contributed by atoms with E-state index < -0.39 is 26.4 Å². The predicted molar refractivity (Wildman–Crippen MR) is 63.3 cm³/mol. The molecule has 0 saturated carbocycles. The first-order valence-electron chi connectivity index (χ1n) is 5.43. The van der Waals surface area contributed by atoms with E-state index in [2.05, 4.69) is 0 Å². The molecule has 0 bridgehead atoms. The van der Waals surface area contributed by atoms with Gasteiger partial charge in [-0.2, -0.15) is 8.78 Å². The van der Waals surface area contributed by atoms with Crippen LogP contribution in [0, 0.1) is 0 Å². The Morgan fingerprint density at radius 3 is 2.28 bits per heavy atom. The van der Waals surface area contributed by atoms with Crippen LogP contribution in [0.4, 0.5) is 8.78 Å². The van der Waals surface area contributed by atoms with Crippen LogP contribution >= 0.6 is 0 Å². The quantitative estimate of drug-likeness (QED) is 0.831. The molecule has 1 rings (SSSR count). The molecule has 0 heterocycles. The average Bonchev–Trinajstić information content (AvgIpc) is 2.29. The Morgan fingerprint density at radius 1 is 1.28 bits per heavy atom. The van der Waals surface area contributed by atoms with E-state index in [0.29, 0.717) is 6.42 Å². The lowest BCUT2D eigenvalue weighted by atomic mass is 9.93. The van der Waals surface area contributed by atoms with Gasteiger partial charge in [0.15, 0.2) is 0 Å². The van der Waals surface area contributed by atoms with Gasteiger partial charge < -0.3 is 0 Å². The average molecular weight is 276 g/mol. The highest BCUT2D eigenvalue weighted by Gasteiger charge is 2.31. The Labute approximate surface area is 105 Å². The van der Waals surface area contributed by atoms with Crippen molar-refractivity contribution in [3.05, 3.63) is 29.8 Å². The Balaban J connectivity index is 3.44. The number of ketones is 1. The molecule has 0 amide bonds. The summed E-state index contributed by atoms with van der Waals surface area (Å²) >= 11 is 0. The molecule has 3 nitrogen and oxygen atoms in total. The van der Waals surface area contributed by atoms with Gasteiger partial charge in [-0.15, -0.1) is 0 Å². The van der Waals surface area contributed by atoms with Crippen molar-refractivity contribution in [1.29, 1.82) is 0 Å². The minimum absolute atomic E-state index is 0.146. The van der Waals surface area contributed by atoms with Crippen molar-refractivity contribution in [2.75, 3.05) is 0 Å². The Kier molecular flexibility index (Phi) is 4.56. The molecule has 0 fully saturated rings. The molecule has 0 aliphatic rings. The fourth-order valence-corrected chi connectivity index (χ4v) is 2.85. The van der Waals surface area contributed by atoms with Crippen molar-refractivity contribution in [3.8, 4) is 0 Å². The van der Waals surface area contributed by atoms with Crippen molar-refractivity contribution in [3.63, 3.8) is 0 Å². The van der Waals surface area contributed by atoms with Gasteiger partial charge in [-0.1, -0.05) is 25.1 Å². The summed E-state index contributed by atoms with van der Waals surface area (Å²) in [4.78, 5) is 11.0. The summed E-state index contributed by atoms with van der Waals surface area (Å²) in [7, 11) is -4.68. The first kappa shape index (κ1) is 14.8. The summed E-state index contributed by atoms with van der Waals surface area (Å²) in [5, 5.41) is 0. The van der Waals surface area contributed by atoms with Gasteiger partial charge in [0.05, 0.1) is 4.90 Å². The number of hydrogen-bond donors (Lipinski definition) is 0. The third kappa shape index (κ3) is 2.75. The summed E-state index contributed by atoms with van der Waals surface area (Å²) in [6.45, 7) is 3.03. The second kappa shape index (κ2) is 5.56. The van der Waals surface area contributed by atoms with Gasteiger partial charge in [0, 0.05) is 5.92 Å². The molecular weight excluding hydrogens is 262 g/mol. The molecule has 0 aliphatic carbocycles. The van der Waals surface area contributed by atoms with E-state index in [4.69, 9.17) is 0 Å². The molecule has 0 N–H and O–H groups in total. The lowest BCUT2D eigenvalue weighted by molar-refractivity contribution is -0.118. The third-order valence-corrected chi connectivity index (χ3v) is 4.19. The Morgan fingerprint density at radius 2 is 1.83 bits per heavy atom. The van der Waals surface area contributed by atoms with Gasteiger partial charge in [-0.25, -0.2) is 8.42 Å². The van der Waals surface area contributed by atoms with Gasteiger partial charge in [0.2, 0.25) is 9.84 Å². The molecule has 1 atom stereocenters. The normalized spacial score (nSPS) is 13.6. The van der Waals surface area contributed by atoms with E-state index >= 15 is 0 Å². The maximum atomic E-state index is 12.6. The minimum atomic E-state index is -4.68. The van der Waals surface area contributed by atoms with Crippen molar-refractivity contribution < 1.29 is 22.0 Å². The summed E-state index contributed by atoms with van der Waals surface area (Å²) in [5.74, 6) is -4.40. The molecule has 0 saturated heterocycles. The topological polar surface area (TPSA) is 51.2 Å². The first-order chi connectivity index (χ1) is 8.32. The van der Waals surface area contributed by atoms with Gasteiger partial charge in [0.25, 0.3) is 0 Å². The zero-order chi connectivity index (χ0) is 13.9. The van der Waals surface area contributed by atoms with Gasteiger partial charge in [-0.3, -0.25) is 4.79 Å². The molecular formula is C12H14F2O3S. The van der Waals surface area contributed by atoms with Crippen molar-refractivity contribution in [1.82, 2.24) is 0 Å². The number of benzene rings is 1. The Hall–Kier alpha value is -1.30. The maximum Gasteiger partial charge on any atom is 0.341 e. The molecule has 18 heavy (non-hydrogen) atoms. The monoisotopic (exact) mass is 276 g/mol. The highest BCUT2D eigenvalue weighted by Crippen LogP contribution is 2.30. The second-order valence-corrected chi connectivity index (χ2v) is 5.80. The van der Waals surface area contributed by atoms with E-state index in [9.17, 15) is 22.0 Å². The molecule has 0 spiro atoms. The zero-order valence-corrected chi connectivity index (χ0v) is 10.9. The number of halogens is 2. The van der Waals surface area contributed by atoms with Crippen LogP contribution in [0.15, 0.2) is 29.2 Å². The Bertz CT molecular complexity index is 538. The van der Waals surface area contributed by atoms with Crippen LogP contribution in [0.3, 0.4) is 0 Å². The number of rotatable bonds is 5. The van der Waals surface area contributed by atoms with Gasteiger partial charge in [-0.05, 0) is 25.0 Å². The summed E-state index contributed by atoms with van der Waals surface area (Å²) in [5.41, 5.74) is 0.146. The number of sulfone groups is 1. The van der Waals surface area contributed by atoms with E-state index in [1.807, 2.05) is 0 Å². The highest BCUT2D eigenvalue weighted by atomic mass is 32.2. The molecule has 6 heteroatoms. The molecule has 1 unspecified atom stereocenters. The van der Waals surface area contributed by atoms with Gasteiger partial charge >= 0.3 is 5.76 Å². The molecule has 0 aromatic heterocycles. The van der Waals surface area contributed by atoms with Crippen LogP contribution in [-0.2, 0) is 14.6 Å². The molecule has 1 aromatic carbocycles. The summed E-state index contributed by atoms with van der Waals surface area (Å²) in [6.07, 6.45) is 0.366. The van der Waals surface area contributed by atoms with Crippen LogP contribution in [0.5, 0.6) is 0 Å². The van der Waals surface area contributed by atoms with Crippen molar-refractivity contribution in [2.45, 2.75) is 36.8 Å². The summed E-state index contributed by atoms with van der Waals surface area (Å²) in [6, 6.07) is 5.42. The smallest absolute Gasteiger partial charge is 0.299 e. The minimum Gasteiger partial charge on any atom is -0.299 e. The maximum absolute atomic E-state index is 12.6. The molecule has 100 valence electrons. The number of hydrogen-bond acceptors (Lipinski definition) is 3. The van der Waals surface area contributed by atoms with E-state index in [0.717, 1.165) is 6.07 Å². The molecule has 1 aromatic rings. The summed E-state index contributed by atoms with van der Waals surface area (Å²) < 4.78 is 48.2. The molecule has 0 radical (unpaired) electrons. The lowest BCUT2D eigenvalue weighted by Crippen LogP contribution is -2.17. The fraction of sp³-hybridized carbons (Fsp3) is 0.417. The number of Topliss-reactive ketones (excluding diaryl/α,β-unsaturated/α-hetero) is 1. The van der Waals surface area contributed by atoms with Gasteiger partial charge in [0.1, 0.15) is 5.78 Å². The van der Waals surface area contributed by atoms with E-state index in [1.165, 1.54) is 25.1 Å². The standard InChI is InChI=1S/C12H14F2O3S/c1-3-9(8(2)15)10-6-4-5-7-11(10)18(16,17)12(13)14/h4-7,9,12H,3H2,1-2H3. The number of carbonyl (C=O) groups excluding carboxylic acids is 1. The molecule has 0 aliphatic heterocycles. The lowest BCUT2D eigenvalue weighted by Gasteiger charge is -2.16. The SMILES string of the molecule is CCC(C(C)=O)c1ccccc1S(=O)(=O)C(F)F. The highest BCUT2D eigenvalue weighted by molar-refractivity contribution is 7.91. The van der Waals surface area contributed by atoms with Crippen molar-refractivity contribution in [2.24, 2.45) is 0 Å².